The molecule has 4 saturated carbocycles. The molecule has 0 nitrogen and oxygen atoms in total. The molecular weight excluding hydrogens is 408 g/mol. The van der Waals surface area contributed by atoms with Crippen LogP contribution in [0.4, 0.5) is 0 Å². The van der Waals surface area contributed by atoms with Gasteiger partial charge in [0.1, 0.15) is 0 Å². The Labute approximate surface area is 212 Å². The van der Waals surface area contributed by atoms with Crippen molar-refractivity contribution in [3.63, 3.8) is 0 Å². The number of hydrogen-bond acceptors (Lipinski definition) is 0. The lowest BCUT2D eigenvalue weighted by Crippen LogP contribution is -2.44. The molecule has 0 saturated heterocycles. The first-order chi connectivity index (χ1) is 16.6. The van der Waals surface area contributed by atoms with E-state index >= 15 is 0 Å². The zero-order valence-corrected chi connectivity index (χ0v) is 22.8. The van der Waals surface area contributed by atoms with E-state index < -0.39 is 0 Å². The molecule has 4 aliphatic carbocycles. The molecule has 1 unspecified atom stereocenters. The predicted molar refractivity (Wildman–Crippen MR) is 150 cm³/mol. The van der Waals surface area contributed by atoms with Crippen LogP contribution in [0.25, 0.3) is 0 Å². The fourth-order valence-corrected chi connectivity index (χ4v) is 8.25. The van der Waals surface area contributed by atoms with Gasteiger partial charge in [-0.05, 0) is 104 Å². The molecule has 0 amide bonds. The van der Waals surface area contributed by atoms with E-state index in [0.29, 0.717) is 16.7 Å². The number of fused-ring (bicyclic) bond motifs is 3. The maximum absolute atomic E-state index is 4.14. The molecule has 0 aliphatic heterocycles. The second-order valence-corrected chi connectivity index (χ2v) is 12.8. The topological polar surface area (TPSA) is 0 Å². The molecule has 0 radical (unpaired) electrons. The van der Waals surface area contributed by atoms with E-state index in [2.05, 4.69) is 50.8 Å². The highest BCUT2D eigenvalue weighted by molar-refractivity contribution is 5.33. The van der Waals surface area contributed by atoms with Gasteiger partial charge in [0.05, 0.1) is 0 Å². The van der Waals surface area contributed by atoms with Crippen LogP contribution in [0.5, 0.6) is 0 Å². The molecule has 0 heteroatoms. The molecule has 1 atom stereocenters. The van der Waals surface area contributed by atoms with Crippen molar-refractivity contribution >= 4 is 0 Å². The van der Waals surface area contributed by atoms with Crippen molar-refractivity contribution in [3.8, 4) is 0 Å². The molecule has 190 valence electrons. The predicted octanol–water partition coefficient (Wildman–Crippen LogP) is 10.9. The van der Waals surface area contributed by atoms with E-state index in [-0.39, 0.29) is 0 Å². The van der Waals surface area contributed by atoms with Crippen LogP contribution >= 0.6 is 0 Å². The lowest BCUT2D eigenvalue weighted by Gasteiger charge is -2.54. The summed E-state index contributed by atoms with van der Waals surface area (Å²) in [6.07, 6.45) is 29.4. The first-order valence-electron chi connectivity index (χ1n) is 15.3. The maximum atomic E-state index is 4.14. The molecule has 34 heavy (non-hydrogen) atoms. The highest BCUT2D eigenvalue weighted by Crippen LogP contribution is 2.59. The van der Waals surface area contributed by atoms with Crippen LogP contribution in [0, 0.1) is 17.3 Å². The van der Waals surface area contributed by atoms with E-state index in [0.717, 1.165) is 18.3 Å². The monoisotopic (exact) mass is 462 g/mol. The van der Waals surface area contributed by atoms with Gasteiger partial charge in [-0.2, -0.15) is 0 Å². The van der Waals surface area contributed by atoms with E-state index in [4.69, 9.17) is 0 Å². The standard InChI is InChI=1S/C34H54/c1-4-7-9-12-28-13-15-29(16-14-28)32(11-6-3)30-17-19-31(20-18-30)34-25-22-33(23-26-34,24-27-34)21-10-8-5-2/h6,17-20,28-29,32H,3-5,7-16,21-27H2,1-2H3. The van der Waals surface area contributed by atoms with Crippen LogP contribution in [0.15, 0.2) is 36.9 Å². The van der Waals surface area contributed by atoms with Gasteiger partial charge in [0, 0.05) is 0 Å². The smallest absolute Gasteiger partial charge is 0.00463 e. The molecule has 0 aromatic heterocycles. The van der Waals surface area contributed by atoms with Crippen molar-refractivity contribution in [1.29, 1.82) is 0 Å². The summed E-state index contributed by atoms with van der Waals surface area (Å²) in [7, 11) is 0. The number of hydrogen-bond donors (Lipinski definition) is 0. The molecule has 0 spiro atoms. The van der Waals surface area contributed by atoms with Gasteiger partial charge in [0.25, 0.3) is 0 Å². The Kier molecular flexibility index (Phi) is 9.40. The number of allylic oxidation sites excluding steroid dienone is 1. The zero-order valence-electron chi connectivity index (χ0n) is 22.8. The van der Waals surface area contributed by atoms with Crippen LogP contribution in [-0.2, 0) is 5.41 Å². The van der Waals surface area contributed by atoms with Gasteiger partial charge in [-0.15, -0.1) is 6.58 Å². The quantitative estimate of drug-likeness (QED) is 0.202. The second kappa shape index (κ2) is 12.3. The van der Waals surface area contributed by atoms with Crippen LogP contribution < -0.4 is 0 Å². The van der Waals surface area contributed by atoms with Gasteiger partial charge in [-0.1, -0.05) is 102 Å². The highest BCUT2D eigenvalue weighted by Gasteiger charge is 2.48. The number of unbranched alkanes of at least 4 members (excludes halogenated alkanes) is 4. The van der Waals surface area contributed by atoms with Crippen molar-refractivity contribution in [2.45, 2.75) is 147 Å². The SMILES string of the molecule is C=CCC(c1ccc(C23CCC(CCCCC)(CC2)CC3)cc1)C1CCC(CCCCC)CC1. The summed E-state index contributed by atoms with van der Waals surface area (Å²) in [5.74, 6) is 2.54. The van der Waals surface area contributed by atoms with Crippen molar-refractivity contribution < 1.29 is 0 Å². The lowest BCUT2D eigenvalue weighted by molar-refractivity contribution is 0.0305. The summed E-state index contributed by atoms with van der Waals surface area (Å²) < 4.78 is 0. The van der Waals surface area contributed by atoms with Crippen molar-refractivity contribution in [3.05, 3.63) is 48.0 Å². The fourth-order valence-electron chi connectivity index (χ4n) is 8.25. The number of rotatable bonds is 13. The third-order valence-corrected chi connectivity index (χ3v) is 10.8. The van der Waals surface area contributed by atoms with Gasteiger partial charge >= 0.3 is 0 Å². The molecule has 0 N–H and O–H groups in total. The zero-order chi connectivity index (χ0) is 23.9. The molecule has 1 aromatic carbocycles. The van der Waals surface area contributed by atoms with Crippen LogP contribution in [0.1, 0.15) is 153 Å². The van der Waals surface area contributed by atoms with Gasteiger partial charge < -0.3 is 0 Å². The van der Waals surface area contributed by atoms with Gasteiger partial charge in [0.2, 0.25) is 0 Å². The Hall–Kier alpha value is -1.04. The van der Waals surface area contributed by atoms with Crippen molar-refractivity contribution in [2.24, 2.45) is 17.3 Å². The van der Waals surface area contributed by atoms with Crippen molar-refractivity contribution in [2.75, 3.05) is 0 Å². The summed E-state index contributed by atoms with van der Waals surface area (Å²) in [5.41, 5.74) is 4.46. The second-order valence-electron chi connectivity index (χ2n) is 12.8. The largest absolute Gasteiger partial charge is 0.103 e. The van der Waals surface area contributed by atoms with E-state index in [1.807, 2.05) is 0 Å². The molecule has 4 aliphatic rings. The average molecular weight is 463 g/mol. The lowest BCUT2D eigenvalue weighted by atomic mass is 9.51. The third kappa shape index (κ3) is 6.02. The Morgan fingerprint density at radius 3 is 2.03 bits per heavy atom. The molecule has 5 rings (SSSR count). The van der Waals surface area contributed by atoms with Crippen molar-refractivity contribution in [1.82, 2.24) is 0 Å². The molecule has 4 fully saturated rings. The Balaban J connectivity index is 1.35. The minimum absolute atomic E-state index is 0.496. The minimum atomic E-state index is 0.496. The summed E-state index contributed by atoms with van der Waals surface area (Å²) in [4.78, 5) is 0. The summed E-state index contributed by atoms with van der Waals surface area (Å²) in [6.45, 7) is 8.81. The van der Waals surface area contributed by atoms with E-state index in [1.54, 1.807) is 11.1 Å². The van der Waals surface area contributed by atoms with E-state index in [1.165, 1.54) is 116 Å². The van der Waals surface area contributed by atoms with E-state index in [9.17, 15) is 0 Å². The molecule has 0 heterocycles. The maximum Gasteiger partial charge on any atom is -0.00463 e. The minimum Gasteiger partial charge on any atom is -0.103 e. The van der Waals surface area contributed by atoms with Gasteiger partial charge in [-0.25, -0.2) is 0 Å². The molecule has 1 aromatic rings. The third-order valence-electron chi connectivity index (χ3n) is 10.8. The molecular formula is C34H54. The van der Waals surface area contributed by atoms with Crippen LogP contribution in [0.2, 0.25) is 0 Å². The molecule has 2 bridgehead atoms. The van der Waals surface area contributed by atoms with Gasteiger partial charge in [0.15, 0.2) is 0 Å². The summed E-state index contributed by atoms with van der Waals surface area (Å²) in [5, 5.41) is 0. The summed E-state index contributed by atoms with van der Waals surface area (Å²) >= 11 is 0. The Bertz CT molecular complexity index is 707. The highest BCUT2D eigenvalue weighted by atomic mass is 14.5. The summed E-state index contributed by atoms with van der Waals surface area (Å²) in [6, 6.07) is 10.2. The Morgan fingerprint density at radius 1 is 0.824 bits per heavy atom. The Morgan fingerprint density at radius 2 is 1.44 bits per heavy atom. The normalized spacial score (nSPS) is 31.9. The fraction of sp³-hybridized carbons (Fsp3) is 0.765. The van der Waals surface area contributed by atoms with Gasteiger partial charge in [-0.3, -0.25) is 0 Å². The first kappa shape index (κ1) is 26.0. The average Bonchev–Trinajstić information content (AvgIpc) is 2.89. The number of benzene rings is 1. The van der Waals surface area contributed by atoms with Crippen LogP contribution in [0.3, 0.4) is 0 Å². The van der Waals surface area contributed by atoms with Crippen LogP contribution in [-0.4, -0.2) is 0 Å². The first-order valence-corrected chi connectivity index (χ1v) is 15.3.